The lowest BCUT2D eigenvalue weighted by Gasteiger charge is -2.14. The van der Waals surface area contributed by atoms with E-state index in [-0.39, 0.29) is 17.7 Å². The van der Waals surface area contributed by atoms with Gasteiger partial charge in [-0.1, -0.05) is 41.0 Å². The van der Waals surface area contributed by atoms with E-state index in [0.29, 0.717) is 21.0 Å². The predicted octanol–water partition coefficient (Wildman–Crippen LogP) is 4.02. The van der Waals surface area contributed by atoms with Crippen LogP contribution in [0.25, 0.3) is 5.78 Å². The summed E-state index contributed by atoms with van der Waals surface area (Å²) < 4.78 is 1.84. The van der Waals surface area contributed by atoms with Crippen LogP contribution in [0.1, 0.15) is 29.9 Å². The first kappa shape index (κ1) is 18.9. The number of rotatable bonds is 5. The molecule has 0 spiro atoms. The van der Waals surface area contributed by atoms with Gasteiger partial charge in [0.15, 0.2) is 5.16 Å². The molecule has 0 saturated carbocycles. The summed E-state index contributed by atoms with van der Waals surface area (Å²) in [7, 11) is 0. The largest absolute Gasteiger partial charge is 0.349 e. The SMILES string of the molecule is Cc1cc(C)n2c(SCC(=O)N[C@H](C)c3ccc(Cl)c(Cl)c3)nnc2n1. The van der Waals surface area contributed by atoms with Gasteiger partial charge < -0.3 is 5.32 Å². The standard InChI is InChI=1S/C17H17Cl2N5OS/c1-9-6-10(2)24-16(20-9)22-23-17(24)26-8-15(25)21-11(3)12-4-5-13(18)14(19)7-12/h4-7,11H,8H2,1-3H3,(H,21,25)/t11-/m1/s1. The van der Waals surface area contributed by atoms with E-state index in [1.54, 1.807) is 12.1 Å². The number of nitrogens with one attached hydrogen (secondary N) is 1. The van der Waals surface area contributed by atoms with Crippen molar-refractivity contribution in [2.24, 2.45) is 0 Å². The maximum Gasteiger partial charge on any atom is 0.256 e. The summed E-state index contributed by atoms with van der Waals surface area (Å²) in [5, 5.41) is 12.7. The number of hydrogen-bond acceptors (Lipinski definition) is 5. The van der Waals surface area contributed by atoms with Crippen LogP contribution >= 0.6 is 35.0 Å². The van der Waals surface area contributed by atoms with Gasteiger partial charge in [0.25, 0.3) is 5.78 Å². The van der Waals surface area contributed by atoms with Crippen molar-refractivity contribution in [1.29, 1.82) is 0 Å². The molecule has 0 fully saturated rings. The summed E-state index contributed by atoms with van der Waals surface area (Å²) in [6.07, 6.45) is 0. The first-order valence-electron chi connectivity index (χ1n) is 7.91. The van der Waals surface area contributed by atoms with Crippen LogP contribution in [-0.4, -0.2) is 31.2 Å². The number of halogens is 2. The Balaban J connectivity index is 1.65. The minimum Gasteiger partial charge on any atom is -0.349 e. The monoisotopic (exact) mass is 409 g/mol. The van der Waals surface area contributed by atoms with Gasteiger partial charge in [-0.2, -0.15) is 0 Å². The highest BCUT2D eigenvalue weighted by Gasteiger charge is 2.15. The first-order chi connectivity index (χ1) is 12.3. The van der Waals surface area contributed by atoms with Gasteiger partial charge >= 0.3 is 0 Å². The number of carbonyl (C=O) groups excluding carboxylic acids is 1. The molecule has 3 rings (SSSR count). The molecule has 136 valence electrons. The van der Waals surface area contributed by atoms with Gasteiger partial charge in [0.1, 0.15) is 0 Å². The second kappa shape index (κ2) is 7.82. The maximum atomic E-state index is 12.3. The molecule has 1 amide bonds. The van der Waals surface area contributed by atoms with Gasteiger partial charge in [0, 0.05) is 11.4 Å². The predicted molar refractivity (Wildman–Crippen MR) is 104 cm³/mol. The number of amides is 1. The van der Waals surface area contributed by atoms with Gasteiger partial charge in [-0.15, -0.1) is 10.2 Å². The molecule has 1 aromatic carbocycles. The second-order valence-corrected chi connectivity index (χ2v) is 7.67. The second-order valence-electron chi connectivity index (χ2n) is 5.91. The fourth-order valence-electron chi connectivity index (χ4n) is 2.57. The third kappa shape index (κ3) is 4.11. The van der Waals surface area contributed by atoms with Gasteiger partial charge in [-0.05, 0) is 44.5 Å². The molecule has 0 bridgehead atoms. The van der Waals surface area contributed by atoms with E-state index >= 15 is 0 Å². The first-order valence-corrected chi connectivity index (χ1v) is 9.66. The van der Waals surface area contributed by atoms with Crippen LogP contribution in [0.5, 0.6) is 0 Å². The molecule has 6 nitrogen and oxygen atoms in total. The van der Waals surface area contributed by atoms with Crippen molar-refractivity contribution in [3.8, 4) is 0 Å². The summed E-state index contributed by atoms with van der Waals surface area (Å²) in [5.41, 5.74) is 2.75. The van der Waals surface area contributed by atoms with Crippen LogP contribution < -0.4 is 5.32 Å². The van der Waals surface area contributed by atoms with Crippen LogP contribution in [-0.2, 0) is 4.79 Å². The Morgan fingerprint density at radius 3 is 2.73 bits per heavy atom. The van der Waals surface area contributed by atoms with E-state index in [4.69, 9.17) is 23.2 Å². The highest BCUT2D eigenvalue weighted by molar-refractivity contribution is 7.99. The zero-order chi connectivity index (χ0) is 18.8. The highest BCUT2D eigenvalue weighted by atomic mass is 35.5. The minimum absolute atomic E-state index is 0.108. The molecule has 3 aromatic rings. The van der Waals surface area contributed by atoms with Gasteiger partial charge in [0.05, 0.1) is 21.8 Å². The number of nitrogens with zero attached hydrogens (tertiary/aromatic N) is 4. The van der Waals surface area contributed by atoms with E-state index in [9.17, 15) is 4.79 Å². The number of benzene rings is 1. The third-order valence-corrected chi connectivity index (χ3v) is 5.48. The number of thioether (sulfide) groups is 1. The van der Waals surface area contributed by atoms with Crippen LogP contribution in [0.15, 0.2) is 29.4 Å². The fraction of sp³-hybridized carbons (Fsp3) is 0.294. The molecule has 0 aliphatic rings. The highest BCUT2D eigenvalue weighted by Crippen LogP contribution is 2.25. The Hall–Kier alpha value is -1.83. The number of aryl methyl sites for hydroxylation is 2. The van der Waals surface area contributed by atoms with Crippen molar-refractivity contribution in [3.05, 3.63) is 51.3 Å². The molecule has 26 heavy (non-hydrogen) atoms. The Morgan fingerprint density at radius 2 is 2.00 bits per heavy atom. The molecule has 1 atom stereocenters. The average molecular weight is 410 g/mol. The van der Waals surface area contributed by atoms with E-state index < -0.39 is 0 Å². The Labute approximate surface area is 165 Å². The molecule has 2 heterocycles. The molecule has 2 aromatic heterocycles. The number of carbonyl (C=O) groups is 1. The lowest BCUT2D eigenvalue weighted by Crippen LogP contribution is -2.28. The Morgan fingerprint density at radius 1 is 1.23 bits per heavy atom. The van der Waals surface area contributed by atoms with Gasteiger partial charge in [0.2, 0.25) is 5.91 Å². The van der Waals surface area contributed by atoms with Crippen LogP contribution in [0, 0.1) is 13.8 Å². The average Bonchev–Trinajstić information content (AvgIpc) is 2.98. The topological polar surface area (TPSA) is 72.2 Å². The van der Waals surface area contributed by atoms with Gasteiger partial charge in [-0.25, -0.2) is 4.98 Å². The van der Waals surface area contributed by atoms with Crippen LogP contribution in [0.4, 0.5) is 0 Å². The summed E-state index contributed by atoms with van der Waals surface area (Å²) >= 11 is 13.3. The van der Waals surface area contributed by atoms with Crippen molar-refractivity contribution in [1.82, 2.24) is 24.9 Å². The molecule has 0 aliphatic heterocycles. The molecular weight excluding hydrogens is 393 g/mol. The Kier molecular flexibility index (Phi) is 5.70. The Bertz CT molecular complexity index is 975. The zero-order valence-electron chi connectivity index (χ0n) is 14.5. The lowest BCUT2D eigenvalue weighted by molar-refractivity contribution is -0.119. The summed E-state index contributed by atoms with van der Waals surface area (Å²) in [6, 6.07) is 7.09. The van der Waals surface area contributed by atoms with E-state index in [2.05, 4.69) is 20.5 Å². The van der Waals surface area contributed by atoms with Crippen molar-refractivity contribution >= 4 is 46.6 Å². The third-order valence-electron chi connectivity index (χ3n) is 3.82. The number of hydrogen-bond donors (Lipinski definition) is 1. The fourth-order valence-corrected chi connectivity index (χ4v) is 3.68. The van der Waals surface area contributed by atoms with Crippen molar-refractivity contribution in [2.45, 2.75) is 32.0 Å². The lowest BCUT2D eigenvalue weighted by atomic mass is 10.1. The molecule has 1 N–H and O–H groups in total. The van der Waals surface area contributed by atoms with Crippen molar-refractivity contribution < 1.29 is 4.79 Å². The minimum atomic E-state index is -0.181. The van der Waals surface area contributed by atoms with Gasteiger partial charge in [-0.3, -0.25) is 9.20 Å². The maximum absolute atomic E-state index is 12.3. The smallest absolute Gasteiger partial charge is 0.256 e. The zero-order valence-corrected chi connectivity index (χ0v) is 16.8. The quantitative estimate of drug-likeness (QED) is 0.644. The van der Waals surface area contributed by atoms with Crippen LogP contribution in [0.3, 0.4) is 0 Å². The van der Waals surface area contributed by atoms with E-state index in [1.165, 1.54) is 11.8 Å². The summed E-state index contributed by atoms with van der Waals surface area (Å²) in [6.45, 7) is 5.76. The molecule has 0 unspecified atom stereocenters. The molecule has 0 aliphatic carbocycles. The normalized spacial score (nSPS) is 12.3. The number of aromatic nitrogens is 4. The molecule has 0 radical (unpaired) electrons. The molecular formula is C17H17Cl2N5OS. The molecule has 0 saturated heterocycles. The summed E-state index contributed by atoms with van der Waals surface area (Å²) in [5.74, 6) is 0.650. The van der Waals surface area contributed by atoms with E-state index in [0.717, 1.165) is 17.0 Å². The summed E-state index contributed by atoms with van der Waals surface area (Å²) in [4.78, 5) is 16.6. The van der Waals surface area contributed by atoms with Crippen LogP contribution in [0.2, 0.25) is 10.0 Å². The van der Waals surface area contributed by atoms with Crippen molar-refractivity contribution in [3.63, 3.8) is 0 Å². The number of fused-ring (bicyclic) bond motifs is 1. The molecule has 9 heteroatoms. The van der Waals surface area contributed by atoms with E-state index in [1.807, 2.05) is 37.3 Å². The van der Waals surface area contributed by atoms with Crippen molar-refractivity contribution in [2.75, 3.05) is 5.75 Å².